The Morgan fingerprint density at radius 3 is 2.62 bits per heavy atom. The molecule has 2 rings (SSSR count). The highest BCUT2D eigenvalue weighted by Crippen LogP contribution is 2.40. The van der Waals surface area contributed by atoms with Crippen LogP contribution < -0.4 is 10.1 Å². The predicted molar refractivity (Wildman–Crippen MR) is 64.2 cm³/mol. The normalized spacial score (nSPS) is 17.4. The summed E-state index contributed by atoms with van der Waals surface area (Å²) in [5.41, 5.74) is 2.02. The van der Waals surface area contributed by atoms with Gasteiger partial charge in [0.05, 0.1) is 7.11 Å². The van der Waals surface area contributed by atoms with Crippen LogP contribution in [0, 0.1) is 6.92 Å². The highest BCUT2D eigenvalue weighted by molar-refractivity contribution is 5.51. The molecule has 0 bridgehead atoms. The number of hydrogen-bond acceptors (Lipinski definition) is 3. The zero-order chi connectivity index (χ0) is 11.5. The topological polar surface area (TPSA) is 41.5 Å². The maximum Gasteiger partial charge on any atom is 0.164 e. The molecule has 1 fully saturated rings. The molecule has 1 heterocycles. The minimum Gasteiger partial charge on any atom is -0.504 e. The van der Waals surface area contributed by atoms with Crippen molar-refractivity contribution < 1.29 is 9.84 Å². The average molecular weight is 221 g/mol. The molecule has 0 amide bonds. The van der Waals surface area contributed by atoms with Crippen molar-refractivity contribution in [2.24, 2.45) is 0 Å². The van der Waals surface area contributed by atoms with Crippen LogP contribution in [0.2, 0.25) is 0 Å². The van der Waals surface area contributed by atoms with Gasteiger partial charge in [-0.15, -0.1) is 0 Å². The first-order valence-corrected chi connectivity index (χ1v) is 5.81. The van der Waals surface area contributed by atoms with Gasteiger partial charge in [-0.3, -0.25) is 0 Å². The quantitative estimate of drug-likeness (QED) is 0.804. The molecule has 3 heteroatoms. The lowest BCUT2D eigenvalue weighted by atomic mass is 9.88. The molecule has 1 saturated heterocycles. The van der Waals surface area contributed by atoms with Crippen molar-refractivity contribution in [2.75, 3.05) is 20.2 Å². The fourth-order valence-corrected chi connectivity index (χ4v) is 2.35. The van der Waals surface area contributed by atoms with E-state index in [-0.39, 0.29) is 0 Å². The minimum absolute atomic E-state index is 0.290. The molecule has 1 aliphatic rings. The molecule has 0 unspecified atom stereocenters. The Hall–Kier alpha value is -1.22. The third-order valence-corrected chi connectivity index (χ3v) is 3.35. The van der Waals surface area contributed by atoms with Crippen LogP contribution >= 0.6 is 0 Å². The van der Waals surface area contributed by atoms with Gasteiger partial charge in [0, 0.05) is 5.56 Å². The molecular formula is C13H19NO2. The van der Waals surface area contributed by atoms with Gasteiger partial charge < -0.3 is 15.2 Å². The number of phenolic OH excluding ortho intramolecular Hbond substituents is 1. The van der Waals surface area contributed by atoms with Crippen LogP contribution in [0.25, 0.3) is 0 Å². The van der Waals surface area contributed by atoms with Gasteiger partial charge in [0.1, 0.15) is 0 Å². The second-order valence-electron chi connectivity index (χ2n) is 4.38. The number of rotatable bonds is 2. The summed E-state index contributed by atoms with van der Waals surface area (Å²) in [5, 5.41) is 13.3. The number of phenols is 1. The highest BCUT2D eigenvalue weighted by Gasteiger charge is 2.21. The molecule has 0 spiro atoms. The molecule has 2 N–H and O–H groups in total. The molecule has 88 valence electrons. The Kier molecular flexibility index (Phi) is 3.34. The first kappa shape index (κ1) is 11.3. The van der Waals surface area contributed by atoms with Crippen LogP contribution in [-0.2, 0) is 0 Å². The smallest absolute Gasteiger partial charge is 0.164 e. The lowest BCUT2D eigenvalue weighted by molar-refractivity contribution is 0.357. The molecule has 1 aromatic carbocycles. The molecule has 0 atom stereocenters. The zero-order valence-corrected chi connectivity index (χ0v) is 9.92. The lowest BCUT2D eigenvalue weighted by Gasteiger charge is -2.25. The van der Waals surface area contributed by atoms with Crippen molar-refractivity contribution in [1.82, 2.24) is 5.32 Å². The van der Waals surface area contributed by atoms with Crippen molar-refractivity contribution in [3.63, 3.8) is 0 Å². The van der Waals surface area contributed by atoms with E-state index in [0.29, 0.717) is 17.4 Å². The summed E-state index contributed by atoms with van der Waals surface area (Å²) in [5.74, 6) is 1.45. The third-order valence-electron chi connectivity index (χ3n) is 3.35. The number of hydrogen-bond donors (Lipinski definition) is 2. The maximum absolute atomic E-state index is 9.97. The first-order chi connectivity index (χ1) is 7.74. The molecule has 0 aromatic heterocycles. The van der Waals surface area contributed by atoms with Gasteiger partial charge in [-0.25, -0.2) is 0 Å². The maximum atomic E-state index is 9.97. The summed E-state index contributed by atoms with van der Waals surface area (Å²) in [7, 11) is 1.62. The van der Waals surface area contributed by atoms with Crippen LogP contribution in [0.4, 0.5) is 0 Å². The van der Waals surface area contributed by atoms with E-state index in [1.807, 2.05) is 13.0 Å². The summed E-state index contributed by atoms with van der Waals surface area (Å²) in [6.07, 6.45) is 2.22. The van der Waals surface area contributed by atoms with Gasteiger partial charge in [0.2, 0.25) is 0 Å². The van der Waals surface area contributed by atoms with E-state index in [1.54, 1.807) is 7.11 Å². The zero-order valence-electron chi connectivity index (χ0n) is 9.92. The number of nitrogens with one attached hydrogen (secondary N) is 1. The Labute approximate surface area is 96.4 Å². The Balaban J connectivity index is 2.35. The van der Waals surface area contributed by atoms with Crippen LogP contribution in [-0.4, -0.2) is 25.3 Å². The molecule has 0 radical (unpaired) electrons. The molecular weight excluding hydrogens is 202 g/mol. The molecule has 1 aliphatic heterocycles. The summed E-state index contributed by atoms with van der Waals surface area (Å²) >= 11 is 0. The number of piperidine rings is 1. The van der Waals surface area contributed by atoms with E-state index >= 15 is 0 Å². The van der Waals surface area contributed by atoms with Gasteiger partial charge >= 0.3 is 0 Å². The second-order valence-corrected chi connectivity index (χ2v) is 4.38. The number of aryl methyl sites for hydroxylation is 1. The Morgan fingerprint density at radius 1 is 1.31 bits per heavy atom. The third kappa shape index (κ3) is 2.00. The summed E-state index contributed by atoms with van der Waals surface area (Å²) in [6.45, 7) is 3.98. The number of ether oxygens (including phenoxy) is 1. The van der Waals surface area contributed by atoms with Gasteiger partial charge in [-0.05, 0) is 44.3 Å². The van der Waals surface area contributed by atoms with E-state index in [4.69, 9.17) is 4.74 Å². The lowest BCUT2D eigenvalue weighted by Crippen LogP contribution is -2.26. The van der Waals surface area contributed by atoms with Crippen molar-refractivity contribution >= 4 is 0 Å². The van der Waals surface area contributed by atoms with Crippen LogP contribution in [0.3, 0.4) is 0 Å². The predicted octanol–water partition coefficient (Wildman–Crippen LogP) is 2.18. The van der Waals surface area contributed by atoms with E-state index in [2.05, 4.69) is 11.4 Å². The number of benzene rings is 1. The fraction of sp³-hybridized carbons (Fsp3) is 0.538. The SMILES string of the molecule is COc1c(C2CCNCC2)ccc(C)c1O. The molecule has 1 aromatic rings. The molecule has 0 saturated carbocycles. The van der Waals surface area contributed by atoms with Crippen LogP contribution in [0.15, 0.2) is 12.1 Å². The van der Waals surface area contributed by atoms with Gasteiger partial charge in [-0.1, -0.05) is 12.1 Å². The number of aromatic hydroxyl groups is 1. The monoisotopic (exact) mass is 221 g/mol. The van der Waals surface area contributed by atoms with Crippen LogP contribution in [0.1, 0.15) is 29.9 Å². The summed E-state index contributed by atoms with van der Waals surface area (Å²) in [6, 6.07) is 4.05. The second kappa shape index (κ2) is 4.74. The number of methoxy groups -OCH3 is 1. The largest absolute Gasteiger partial charge is 0.504 e. The van der Waals surface area contributed by atoms with Gasteiger partial charge in [0.25, 0.3) is 0 Å². The highest BCUT2D eigenvalue weighted by atomic mass is 16.5. The summed E-state index contributed by atoms with van der Waals surface area (Å²) < 4.78 is 5.34. The minimum atomic E-state index is 0.290. The summed E-state index contributed by atoms with van der Waals surface area (Å²) in [4.78, 5) is 0. The van der Waals surface area contributed by atoms with E-state index in [0.717, 1.165) is 37.1 Å². The first-order valence-electron chi connectivity index (χ1n) is 5.81. The fourth-order valence-electron chi connectivity index (χ4n) is 2.35. The van der Waals surface area contributed by atoms with Gasteiger partial charge in [-0.2, -0.15) is 0 Å². The van der Waals surface area contributed by atoms with Crippen molar-refractivity contribution in [2.45, 2.75) is 25.7 Å². The molecule has 3 nitrogen and oxygen atoms in total. The van der Waals surface area contributed by atoms with E-state index < -0.39 is 0 Å². The Morgan fingerprint density at radius 2 is 2.00 bits per heavy atom. The van der Waals surface area contributed by atoms with E-state index in [9.17, 15) is 5.11 Å². The molecule has 16 heavy (non-hydrogen) atoms. The Bertz CT molecular complexity index is 370. The van der Waals surface area contributed by atoms with Crippen molar-refractivity contribution in [1.29, 1.82) is 0 Å². The van der Waals surface area contributed by atoms with Crippen molar-refractivity contribution in [3.8, 4) is 11.5 Å². The standard InChI is InChI=1S/C13H19NO2/c1-9-3-4-11(13(16-2)12(9)15)10-5-7-14-8-6-10/h3-4,10,14-15H,5-8H2,1-2H3. The van der Waals surface area contributed by atoms with Gasteiger partial charge in [0.15, 0.2) is 11.5 Å². The molecule has 0 aliphatic carbocycles. The van der Waals surface area contributed by atoms with Crippen molar-refractivity contribution in [3.05, 3.63) is 23.3 Å². The van der Waals surface area contributed by atoms with Crippen LogP contribution in [0.5, 0.6) is 11.5 Å². The average Bonchev–Trinajstić information content (AvgIpc) is 2.33. The van der Waals surface area contributed by atoms with E-state index in [1.165, 1.54) is 0 Å².